The monoisotopic (exact) mass is 271 g/mol. The number of hydrogen-bond donors (Lipinski definition) is 4. The summed E-state index contributed by atoms with van der Waals surface area (Å²) in [6.45, 7) is 0.820. The first-order valence-electron chi connectivity index (χ1n) is 6.01. The molecule has 0 heterocycles. The number of rotatable bonds is 8. The number of benzene rings is 1. The Bertz CT molecular complexity index is 360. The van der Waals surface area contributed by atoms with Crippen molar-refractivity contribution in [2.45, 2.75) is 18.9 Å². The van der Waals surface area contributed by atoms with Gasteiger partial charge in [0.2, 0.25) is 0 Å². The molecule has 0 amide bonds. The van der Waals surface area contributed by atoms with Crippen molar-refractivity contribution in [2.24, 2.45) is 0 Å². The molecule has 0 radical (unpaired) electrons. The molecule has 0 aromatic heterocycles. The molecule has 0 aliphatic heterocycles. The highest BCUT2D eigenvalue weighted by Gasteiger charge is 2.07. The van der Waals surface area contributed by atoms with Crippen molar-refractivity contribution in [1.82, 2.24) is 5.32 Å². The fourth-order valence-electron chi connectivity index (χ4n) is 1.69. The third-order valence-corrected chi connectivity index (χ3v) is 3.43. The Morgan fingerprint density at radius 3 is 2.72 bits per heavy atom. The lowest BCUT2D eigenvalue weighted by atomic mass is 10.1. The predicted molar refractivity (Wildman–Crippen MR) is 75.4 cm³/mol. The molecular formula is C13H21NO3S. The molecule has 1 aromatic carbocycles. The molecular weight excluding hydrogens is 250 g/mol. The molecule has 0 aliphatic carbocycles. The Morgan fingerprint density at radius 2 is 2.11 bits per heavy atom. The van der Waals surface area contributed by atoms with Crippen LogP contribution in [0.4, 0.5) is 0 Å². The Morgan fingerprint density at radius 1 is 1.33 bits per heavy atom. The van der Waals surface area contributed by atoms with Crippen LogP contribution in [0.25, 0.3) is 0 Å². The second-order valence-electron chi connectivity index (χ2n) is 4.18. The van der Waals surface area contributed by atoms with E-state index in [9.17, 15) is 15.3 Å². The molecule has 0 fully saturated rings. The molecule has 5 heteroatoms. The van der Waals surface area contributed by atoms with E-state index in [0.29, 0.717) is 13.0 Å². The van der Waals surface area contributed by atoms with Gasteiger partial charge in [-0.15, -0.1) is 0 Å². The average Bonchev–Trinajstić information content (AvgIpc) is 2.36. The lowest BCUT2D eigenvalue weighted by Gasteiger charge is -2.15. The third kappa shape index (κ3) is 5.16. The molecule has 0 spiro atoms. The highest BCUT2D eigenvalue weighted by atomic mass is 32.2. The summed E-state index contributed by atoms with van der Waals surface area (Å²) < 4.78 is 0. The smallest absolute Gasteiger partial charge is 0.122 e. The standard InChI is InChI=1S/C13H21NO3S/c1-18-7-5-11(9-15)14-6-4-10-2-3-12(16)8-13(10)17/h2-3,8,11,14-17H,4-7,9H2,1H3/t11-/m0/s1. The molecule has 102 valence electrons. The van der Waals surface area contributed by atoms with Gasteiger partial charge >= 0.3 is 0 Å². The van der Waals surface area contributed by atoms with Crippen LogP contribution in [0.1, 0.15) is 12.0 Å². The lowest BCUT2D eigenvalue weighted by molar-refractivity contribution is 0.240. The number of thioether (sulfide) groups is 1. The lowest BCUT2D eigenvalue weighted by Crippen LogP contribution is -2.34. The van der Waals surface area contributed by atoms with E-state index in [4.69, 9.17) is 0 Å². The van der Waals surface area contributed by atoms with Crippen molar-refractivity contribution in [3.63, 3.8) is 0 Å². The van der Waals surface area contributed by atoms with E-state index in [-0.39, 0.29) is 24.1 Å². The van der Waals surface area contributed by atoms with Gasteiger partial charge in [0.05, 0.1) is 6.61 Å². The zero-order chi connectivity index (χ0) is 13.4. The van der Waals surface area contributed by atoms with Crippen LogP contribution >= 0.6 is 11.8 Å². The van der Waals surface area contributed by atoms with E-state index < -0.39 is 0 Å². The highest BCUT2D eigenvalue weighted by Crippen LogP contribution is 2.22. The largest absolute Gasteiger partial charge is 0.508 e. The van der Waals surface area contributed by atoms with Crippen LogP contribution in [0.15, 0.2) is 18.2 Å². The van der Waals surface area contributed by atoms with Gasteiger partial charge < -0.3 is 20.6 Å². The second kappa shape index (κ2) is 8.24. The maximum atomic E-state index is 9.61. The first kappa shape index (κ1) is 15.1. The van der Waals surface area contributed by atoms with Crippen molar-refractivity contribution < 1.29 is 15.3 Å². The normalized spacial score (nSPS) is 12.6. The molecule has 1 rings (SSSR count). The molecule has 4 N–H and O–H groups in total. The number of aliphatic hydroxyl groups is 1. The first-order valence-corrected chi connectivity index (χ1v) is 7.40. The van der Waals surface area contributed by atoms with Gasteiger partial charge in [-0.1, -0.05) is 6.07 Å². The summed E-state index contributed by atoms with van der Waals surface area (Å²) in [5, 5.41) is 31.2. The molecule has 0 bridgehead atoms. The average molecular weight is 271 g/mol. The molecule has 4 nitrogen and oxygen atoms in total. The second-order valence-corrected chi connectivity index (χ2v) is 5.16. The number of phenols is 2. The van der Waals surface area contributed by atoms with Gasteiger partial charge in [-0.25, -0.2) is 0 Å². The molecule has 18 heavy (non-hydrogen) atoms. The number of phenolic OH excluding ortho intramolecular Hbond substituents is 2. The van der Waals surface area contributed by atoms with Gasteiger partial charge in [-0.2, -0.15) is 11.8 Å². The zero-order valence-corrected chi connectivity index (χ0v) is 11.4. The molecule has 0 aliphatic rings. The van der Waals surface area contributed by atoms with Crippen molar-refractivity contribution in [3.05, 3.63) is 23.8 Å². The Labute approximate surface area is 112 Å². The summed E-state index contributed by atoms with van der Waals surface area (Å²) in [5.74, 6) is 1.20. The Kier molecular flexibility index (Phi) is 6.93. The zero-order valence-electron chi connectivity index (χ0n) is 10.6. The minimum absolute atomic E-state index is 0.0671. The molecule has 0 unspecified atom stereocenters. The molecule has 1 atom stereocenters. The third-order valence-electron chi connectivity index (χ3n) is 2.79. The van der Waals surface area contributed by atoms with Crippen LogP contribution in [-0.2, 0) is 6.42 Å². The number of aliphatic hydroxyl groups excluding tert-OH is 1. The minimum Gasteiger partial charge on any atom is -0.508 e. The van der Waals surface area contributed by atoms with Crippen LogP contribution < -0.4 is 5.32 Å². The van der Waals surface area contributed by atoms with Crippen LogP contribution in [0.5, 0.6) is 11.5 Å². The van der Waals surface area contributed by atoms with Crippen LogP contribution in [0.3, 0.4) is 0 Å². The van der Waals surface area contributed by atoms with E-state index in [1.165, 1.54) is 6.07 Å². The fourth-order valence-corrected chi connectivity index (χ4v) is 2.21. The molecule has 0 saturated carbocycles. The summed E-state index contributed by atoms with van der Waals surface area (Å²) in [7, 11) is 0. The summed E-state index contributed by atoms with van der Waals surface area (Å²) in [6.07, 6.45) is 3.64. The number of nitrogens with one attached hydrogen (secondary N) is 1. The first-order chi connectivity index (χ1) is 8.67. The summed E-state index contributed by atoms with van der Waals surface area (Å²) in [5.41, 5.74) is 0.793. The predicted octanol–water partition coefficient (Wildman–Crippen LogP) is 1.34. The van der Waals surface area contributed by atoms with Crippen LogP contribution in [-0.4, -0.2) is 46.5 Å². The quantitative estimate of drug-likeness (QED) is 0.574. The summed E-state index contributed by atoms with van der Waals surface area (Å²) in [4.78, 5) is 0. The van der Waals surface area contributed by atoms with Crippen LogP contribution in [0, 0.1) is 0 Å². The van der Waals surface area contributed by atoms with Crippen molar-refractivity contribution in [2.75, 3.05) is 25.2 Å². The SMILES string of the molecule is CSCC[C@@H](CO)NCCc1ccc(O)cc1O. The Balaban J connectivity index is 2.35. The van der Waals surface area contributed by atoms with Crippen molar-refractivity contribution in [1.29, 1.82) is 0 Å². The summed E-state index contributed by atoms with van der Waals surface area (Å²) in [6, 6.07) is 4.72. The number of aromatic hydroxyl groups is 2. The van der Waals surface area contributed by atoms with Gasteiger partial charge in [0.25, 0.3) is 0 Å². The minimum atomic E-state index is 0.0671. The van der Waals surface area contributed by atoms with E-state index in [1.807, 2.05) is 6.26 Å². The molecule has 0 saturated heterocycles. The fraction of sp³-hybridized carbons (Fsp3) is 0.538. The van der Waals surface area contributed by atoms with Gasteiger partial charge in [0, 0.05) is 12.1 Å². The van der Waals surface area contributed by atoms with Gasteiger partial charge in [-0.3, -0.25) is 0 Å². The highest BCUT2D eigenvalue weighted by molar-refractivity contribution is 7.98. The van der Waals surface area contributed by atoms with Gasteiger partial charge in [0.1, 0.15) is 11.5 Å². The topological polar surface area (TPSA) is 72.7 Å². The van der Waals surface area contributed by atoms with E-state index in [2.05, 4.69) is 5.32 Å². The van der Waals surface area contributed by atoms with Gasteiger partial charge in [0.15, 0.2) is 0 Å². The van der Waals surface area contributed by atoms with Gasteiger partial charge in [-0.05, 0) is 43.0 Å². The van der Waals surface area contributed by atoms with Crippen LogP contribution in [0.2, 0.25) is 0 Å². The number of hydrogen-bond acceptors (Lipinski definition) is 5. The maximum absolute atomic E-state index is 9.61. The Hall–Kier alpha value is -0.910. The van der Waals surface area contributed by atoms with Crippen molar-refractivity contribution in [3.8, 4) is 11.5 Å². The van der Waals surface area contributed by atoms with Crippen molar-refractivity contribution >= 4 is 11.8 Å². The van der Waals surface area contributed by atoms with E-state index >= 15 is 0 Å². The summed E-state index contributed by atoms with van der Waals surface area (Å²) >= 11 is 1.76. The van der Waals surface area contributed by atoms with E-state index in [0.717, 1.165) is 17.7 Å². The maximum Gasteiger partial charge on any atom is 0.122 e. The molecule has 1 aromatic rings. The van der Waals surface area contributed by atoms with E-state index in [1.54, 1.807) is 23.9 Å².